The summed E-state index contributed by atoms with van der Waals surface area (Å²) in [5.41, 5.74) is 2.71. The van der Waals surface area contributed by atoms with Crippen LogP contribution < -0.4 is 5.32 Å². The van der Waals surface area contributed by atoms with Gasteiger partial charge in [-0.3, -0.25) is 4.79 Å². The number of hydrogen-bond donors (Lipinski definition) is 2. The molecule has 1 saturated carbocycles. The fourth-order valence-corrected chi connectivity index (χ4v) is 2.95. The van der Waals surface area contributed by atoms with Gasteiger partial charge >= 0.3 is 0 Å². The van der Waals surface area contributed by atoms with Crippen LogP contribution in [0.1, 0.15) is 80.0 Å². The number of amides is 1. The smallest absolute Gasteiger partial charge is 0.259 e. The minimum atomic E-state index is -0.144. The van der Waals surface area contributed by atoms with E-state index in [-0.39, 0.29) is 24.5 Å². The van der Waals surface area contributed by atoms with Gasteiger partial charge in [0.2, 0.25) is 0 Å². The largest absolute Gasteiger partial charge is 0.396 e. The molecule has 24 heavy (non-hydrogen) atoms. The van der Waals surface area contributed by atoms with E-state index < -0.39 is 0 Å². The Morgan fingerprint density at radius 3 is 2.79 bits per heavy atom. The zero-order valence-electron chi connectivity index (χ0n) is 14.5. The molecule has 0 aliphatic heterocycles. The molecule has 1 atom stereocenters. The minimum Gasteiger partial charge on any atom is -0.396 e. The second-order valence-corrected chi connectivity index (χ2v) is 6.86. The van der Waals surface area contributed by atoms with E-state index in [0.29, 0.717) is 29.0 Å². The van der Waals surface area contributed by atoms with Crippen LogP contribution in [0.2, 0.25) is 0 Å². The molecular weight excluding hydrogens is 306 g/mol. The average Bonchev–Trinajstić information content (AvgIpc) is 3.32. The highest BCUT2D eigenvalue weighted by Gasteiger charge is 2.29. The van der Waals surface area contributed by atoms with E-state index in [1.165, 1.54) is 0 Å². The van der Waals surface area contributed by atoms with Crippen molar-refractivity contribution >= 4 is 17.0 Å². The molecular formula is C18H25N3O3. The lowest BCUT2D eigenvalue weighted by molar-refractivity contribution is 0.0930. The molecule has 2 aromatic heterocycles. The number of fused-ring (bicyclic) bond motifs is 1. The Hall–Kier alpha value is -1.95. The Morgan fingerprint density at radius 2 is 2.21 bits per heavy atom. The van der Waals surface area contributed by atoms with Gasteiger partial charge in [0.15, 0.2) is 0 Å². The van der Waals surface area contributed by atoms with Crippen molar-refractivity contribution in [2.75, 3.05) is 6.61 Å². The summed E-state index contributed by atoms with van der Waals surface area (Å²) in [5.74, 6) is 0.424. The predicted octanol–water partition coefficient (Wildman–Crippen LogP) is 3.11. The third-order valence-corrected chi connectivity index (χ3v) is 4.59. The summed E-state index contributed by atoms with van der Waals surface area (Å²) in [6.07, 6.45) is 3.53. The Bertz CT molecular complexity index is 734. The number of aliphatic hydroxyl groups excluding tert-OH is 1. The number of carbonyl (C=O) groups is 1. The third-order valence-electron chi connectivity index (χ3n) is 4.59. The number of aliphatic hydroxyl groups is 1. The van der Waals surface area contributed by atoms with Gasteiger partial charge < -0.3 is 14.9 Å². The highest BCUT2D eigenvalue weighted by atomic mass is 16.5. The number of pyridine rings is 1. The van der Waals surface area contributed by atoms with Crippen molar-refractivity contribution in [1.29, 1.82) is 0 Å². The van der Waals surface area contributed by atoms with E-state index in [4.69, 9.17) is 9.63 Å². The van der Waals surface area contributed by atoms with Crippen molar-refractivity contribution in [2.45, 2.75) is 64.3 Å². The molecule has 6 heteroatoms. The third kappa shape index (κ3) is 3.29. The van der Waals surface area contributed by atoms with Crippen LogP contribution in [0.5, 0.6) is 0 Å². The molecule has 2 N–H and O–H groups in total. The SMILES string of the molecule is CCC(CCO)NC(=O)c1cc(C2CC2)nc2onc(C(C)C)c12. The molecule has 0 radical (unpaired) electrons. The summed E-state index contributed by atoms with van der Waals surface area (Å²) in [7, 11) is 0. The fourth-order valence-electron chi connectivity index (χ4n) is 2.95. The summed E-state index contributed by atoms with van der Waals surface area (Å²) < 4.78 is 5.42. The second-order valence-electron chi connectivity index (χ2n) is 6.86. The van der Waals surface area contributed by atoms with E-state index >= 15 is 0 Å². The molecule has 1 amide bonds. The lowest BCUT2D eigenvalue weighted by Crippen LogP contribution is -2.35. The Morgan fingerprint density at radius 1 is 1.46 bits per heavy atom. The van der Waals surface area contributed by atoms with E-state index in [0.717, 1.165) is 30.7 Å². The molecule has 2 aromatic rings. The molecule has 6 nitrogen and oxygen atoms in total. The molecule has 130 valence electrons. The Balaban J connectivity index is 2.02. The van der Waals surface area contributed by atoms with Crippen LogP contribution in [0.4, 0.5) is 0 Å². The first-order chi connectivity index (χ1) is 11.5. The first-order valence-corrected chi connectivity index (χ1v) is 8.77. The molecule has 0 bridgehead atoms. The lowest BCUT2D eigenvalue weighted by atomic mass is 10.0. The quantitative estimate of drug-likeness (QED) is 0.814. The maximum Gasteiger partial charge on any atom is 0.259 e. The molecule has 0 aromatic carbocycles. The minimum absolute atomic E-state index is 0.0440. The van der Waals surface area contributed by atoms with E-state index in [9.17, 15) is 4.79 Å². The lowest BCUT2D eigenvalue weighted by Gasteiger charge is -2.16. The van der Waals surface area contributed by atoms with Gasteiger partial charge in [-0.25, -0.2) is 4.98 Å². The number of hydrogen-bond acceptors (Lipinski definition) is 5. The molecule has 1 aliphatic carbocycles. The molecule has 2 heterocycles. The van der Waals surface area contributed by atoms with E-state index in [1.807, 2.05) is 26.8 Å². The predicted molar refractivity (Wildman–Crippen MR) is 91.1 cm³/mol. The number of rotatable bonds is 7. The molecule has 1 aliphatic rings. The zero-order valence-corrected chi connectivity index (χ0v) is 14.5. The van der Waals surface area contributed by atoms with E-state index in [2.05, 4.69) is 15.5 Å². The summed E-state index contributed by atoms with van der Waals surface area (Å²) in [4.78, 5) is 17.5. The Labute approximate surface area is 141 Å². The van der Waals surface area contributed by atoms with Crippen molar-refractivity contribution in [3.63, 3.8) is 0 Å². The van der Waals surface area contributed by atoms with Crippen LogP contribution in [-0.2, 0) is 0 Å². The van der Waals surface area contributed by atoms with Crippen molar-refractivity contribution in [1.82, 2.24) is 15.5 Å². The zero-order chi connectivity index (χ0) is 17.3. The van der Waals surface area contributed by atoms with Crippen LogP contribution >= 0.6 is 0 Å². The van der Waals surface area contributed by atoms with Gasteiger partial charge in [0.05, 0.1) is 16.6 Å². The van der Waals surface area contributed by atoms with E-state index in [1.54, 1.807) is 0 Å². The molecule has 1 fully saturated rings. The summed E-state index contributed by atoms with van der Waals surface area (Å²) in [6, 6.07) is 1.85. The van der Waals surface area contributed by atoms with Crippen LogP contribution in [0.15, 0.2) is 10.6 Å². The van der Waals surface area contributed by atoms with Gasteiger partial charge in [-0.05, 0) is 37.7 Å². The summed E-state index contributed by atoms with van der Waals surface area (Å²) >= 11 is 0. The van der Waals surface area contributed by atoms with Crippen LogP contribution in [-0.4, -0.2) is 33.8 Å². The van der Waals surface area contributed by atoms with Gasteiger partial charge in [0.1, 0.15) is 0 Å². The van der Waals surface area contributed by atoms with Gasteiger partial charge in [0.25, 0.3) is 11.6 Å². The van der Waals surface area contributed by atoms with Crippen LogP contribution in [0, 0.1) is 0 Å². The number of aromatic nitrogens is 2. The number of nitrogens with one attached hydrogen (secondary N) is 1. The van der Waals surface area contributed by atoms with Crippen molar-refractivity contribution in [3.8, 4) is 0 Å². The maximum absolute atomic E-state index is 12.9. The standard InChI is InChI=1S/C18H25N3O3/c1-4-12(7-8-22)19-17(23)13-9-14(11-5-6-11)20-18-15(13)16(10(2)3)21-24-18/h9-12,22H,4-8H2,1-3H3,(H,19,23). The van der Waals surface area contributed by atoms with Gasteiger partial charge in [-0.2, -0.15) is 0 Å². The number of nitrogens with zero attached hydrogens (tertiary/aromatic N) is 2. The van der Waals surface area contributed by atoms with Crippen molar-refractivity contribution in [2.24, 2.45) is 0 Å². The highest BCUT2D eigenvalue weighted by molar-refractivity contribution is 6.06. The monoisotopic (exact) mass is 331 g/mol. The highest BCUT2D eigenvalue weighted by Crippen LogP contribution is 2.41. The van der Waals surface area contributed by atoms with Crippen LogP contribution in [0.25, 0.3) is 11.1 Å². The first-order valence-electron chi connectivity index (χ1n) is 8.77. The normalized spacial score (nSPS) is 15.9. The fraction of sp³-hybridized carbons (Fsp3) is 0.611. The maximum atomic E-state index is 12.9. The van der Waals surface area contributed by atoms with Crippen molar-refractivity contribution in [3.05, 3.63) is 23.0 Å². The molecule has 3 rings (SSSR count). The topological polar surface area (TPSA) is 88.2 Å². The van der Waals surface area contributed by atoms with Crippen LogP contribution in [0.3, 0.4) is 0 Å². The number of carbonyl (C=O) groups excluding carboxylic acids is 1. The van der Waals surface area contributed by atoms with Gasteiger partial charge in [-0.15, -0.1) is 0 Å². The average molecular weight is 331 g/mol. The molecule has 1 unspecified atom stereocenters. The summed E-state index contributed by atoms with van der Waals surface area (Å²) in [5, 5.41) is 17.0. The second kappa shape index (κ2) is 6.89. The Kier molecular flexibility index (Phi) is 4.85. The molecule has 0 saturated heterocycles. The molecule has 0 spiro atoms. The van der Waals surface area contributed by atoms with Gasteiger partial charge in [-0.1, -0.05) is 25.9 Å². The van der Waals surface area contributed by atoms with Gasteiger partial charge in [0, 0.05) is 24.3 Å². The summed E-state index contributed by atoms with van der Waals surface area (Å²) in [6.45, 7) is 6.10. The van der Waals surface area contributed by atoms with Crippen molar-refractivity contribution < 1.29 is 14.4 Å². The first kappa shape index (κ1) is 16.9.